The smallest absolute Gasteiger partial charge is 0.340 e. The van der Waals surface area contributed by atoms with Gasteiger partial charge in [0.2, 0.25) is 10.0 Å². The van der Waals surface area contributed by atoms with E-state index in [2.05, 4.69) is 26.4 Å². The molecule has 2 aromatic heterocycles. The van der Waals surface area contributed by atoms with Crippen LogP contribution in [-0.4, -0.2) is 48.8 Å². The van der Waals surface area contributed by atoms with Crippen LogP contribution in [0.1, 0.15) is 96.3 Å². The fourth-order valence-corrected chi connectivity index (χ4v) is 7.27. The number of allylic oxidation sites excluding steroid dienone is 1. The number of aromatic nitrogens is 2. The van der Waals surface area contributed by atoms with Gasteiger partial charge in [0.25, 0.3) is 5.91 Å². The van der Waals surface area contributed by atoms with Crippen molar-refractivity contribution in [1.82, 2.24) is 14.3 Å². The van der Waals surface area contributed by atoms with E-state index in [4.69, 9.17) is 9.47 Å². The summed E-state index contributed by atoms with van der Waals surface area (Å²) < 4.78 is 40.6. The monoisotopic (exact) mass is 629 g/mol. The summed E-state index contributed by atoms with van der Waals surface area (Å²) in [5, 5.41) is 0.295. The van der Waals surface area contributed by atoms with Crippen molar-refractivity contribution in [3.63, 3.8) is 0 Å². The summed E-state index contributed by atoms with van der Waals surface area (Å²) in [5.41, 5.74) is 7.35. The van der Waals surface area contributed by atoms with E-state index in [0.717, 1.165) is 64.7 Å². The van der Waals surface area contributed by atoms with Crippen molar-refractivity contribution in [3.05, 3.63) is 76.6 Å². The van der Waals surface area contributed by atoms with Crippen molar-refractivity contribution >= 4 is 44.5 Å². The Morgan fingerprint density at radius 1 is 1.07 bits per heavy atom. The second kappa shape index (κ2) is 12.2. The zero-order chi connectivity index (χ0) is 31.9. The molecule has 1 amide bonds. The van der Waals surface area contributed by atoms with E-state index in [-0.39, 0.29) is 12.2 Å². The molecule has 4 aromatic rings. The third-order valence-electron chi connectivity index (χ3n) is 8.97. The summed E-state index contributed by atoms with van der Waals surface area (Å²) in [7, 11) is -2.17. The van der Waals surface area contributed by atoms with Gasteiger partial charge in [0.15, 0.2) is 0 Å². The highest BCUT2D eigenvalue weighted by atomic mass is 32.2. The summed E-state index contributed by atoms with van der Waals surface area (Å²) in [5.74, 6) is -0.0226. The normalized spacial score (nSPS) is 15.3. The number of amides is 1. The molecule has 1 aliphatic heterocycles. The molecule has 0 radical (unpaired) electrons. The lowest BCUT2D eigenvalue weighted by Gasteiger charge is -2.24. The summed E-state index contributed by atoms with van der Waals surface area (Å²) in [4.78, 5) is 29.5. The minimum absolute atomic E-state index is 0.261. The number of nitrogens with zero attached hydrogens (tertiary/aromatic N) is 1. The number of methoxy groups -OCH3 is 1. The van der Waals surface area contributed by atoms with Crippen molar-refractivity contribution in [2.24, 2.45) is 0 Å². The molecule has 2 aromatic carbocycles. The van der Waals surface area contributed by atoms with E-state index < -0.39 is 27.1 Å². The number of fused-ring (bicyclic) bond motifs is 5. The van der Waals surface area contributed by atoms with Crippen LogP contribution in [0, 0.1) is 0 Å². The third kappa shape index (κ3) is 5.67. The molecule has 0 spiro atoms. The summed E-state index contributed by atoms with van der Waals surface area (Å²) in [6.45, 7) is 5.51. The number of carbonyl (C=O) groups is 2. The number of hydrogen-bond acceptors (Lipinski definition) is 6. The number of rotatable bonds is 8. The second-order valence-electron chi connectivity index (χ2n) is 12.0. The topological polar surface area (TPSA) is 119 Å². The van der Waals surface area contributed by atoms with Crippen LogP contribution in [0.5, 0.6) is 5.75 Å². The third-order valence-corrected chi connectivity index (χ3v) is 10.7. The molecule has 1 saturated carbocycles. The molecule has 9 nitrogen and oxygen atoms in total. The molecule has 1 fully saturated rings. The maximum atomic E-state index is 13.3. The van der Waals surface area contributed by atoms with Gasteiger partial charge in [0.05, 0.1) is 42.5 Å². The van der Waals surface area contributed by atoms with Gasteiger partial charge in [-0.25, -0.2) is 17.9 Å². The van der Waals surface area contributed by atoms with Gasteiger partial charge in [-0.05, 0) is 98.7 Å². The average molecular weight is 630 g/mol. The van der Waals surface area contributed by atoms with Crippen LogP contribution in [0.25, 0.3) is 33.8 Å². The van der Waals surface area contributed by atoms with Gasteiger partial charge in [0.1, 0.15) is 5.75 Å². The minimum atomic E-state index is -3.81. The molecule has 0 saturated heterocycles. The fourth-order valence-electron chi connectivity index (χ4n) is 6.65. The summed E-state index contributed by atoms with van der Waals surface area (Å²) >= 11 is 0. The van der Waals surface area contributed by atoms with E-state index in [0.29, 0.717) is 23.7 Å². The van der Waals surface area contributed by atoms with Crippen LogP contribution in [0.3, 0.4) is 0 Å². The predicted molar refractivity (Wildman–Crippen MR) is 176 cm³/mol. The molecule has 236 valence electrons. The lowest BCUT2D eigenvalue weighted by molar-refractivity contribution is 0.0526. The van der Waals surface area contributed by atoms with Gasteiger partial charge < -0.3 is 19.0 Å². The molecule has 2 aliphatic rings. The SMILES string of the molecule is CCOC(=O)c1cc[nH]c1C1=Cc2cc(OC)ccc2-c2c(C3CCCCC3)c3ccc(C(=O)NS(=O)(=O)C(C)C)cc3n2C1. The van der Waals surface area contributed by atoms with Crippen molar-refractivity contribution in [1.29, 1.82) is 0 Å². The van der Waals surface area contributed by atoms with Crippen molar-refractivity contribution in [3.8, 4) is 17.0 Å². The highest BCUT2D eigenvalue weighted by molar-refractivity contribution is 7.90. The Balaban J connectivity index is 1.60. The number of aromatic amines is 1. The number of benzene rings is 2. The quantitative estimate of drug-likeness (QED) is 0.205. The first kappa shape index (κ1) is 30.7. The highest BCUT2D eigenvalue weighted by Crippen LogP contribution is 2.47. The van der Waals surface area contributed by atoms with Crippen LogP contribution >= 0.6 is 0 Å². The molecule has 2 N–H and O–H groups in total. The molecule has 0 unspecified atom stereocenters. The Morgan fingerprint density at radius 3 is 2.56 bits per heavy atom. The lowest BCUT2D eigenvalue weighted by atomic mass is 9.81. The first-order valence-electron chi connectivity index (χ1n) is 15.6. The molecule has 6 rings (SSSR count). The second-order valence-corrected chi connectivity index (χ2v) is 14.3. The Hall–Kier alpha value is -4.31. The highest BCUT2D eigenvalue weighted by Gasteiger charge is 2.31. The van der Waals surface area contributed by atoms with Gasteiger partial charge in [-0.15, -0.1) is 0 Å². The van der Waals surface area contributed by atoms with Gasteiger partial charge in [0, 0.05) is 28.2 Å². The van der Waals surface area contributed by atoms with Gasteiger partial charge in [-0.2, -0.15) is 0 Å². The minimum Gasteiger partial charge on any atom is -0.497 e. The number of nitrogens with one attached hydrogen (secondary N) is 2. The Bertz CT molecular complexity index is 1930. The Morgan fingerprint density at radius 2 is 1.84 bits per heavy atom. The largest absolute Gasteiger partial charge is 0.497 e. The number of H-pyrrole nitrogens is 1. The van der Waals surface area contributed by atoms with E-state index in [1.54, 1.807) is 38.4 Å². The molecule has 1 aliphatic carbocycles. The van der Waals surface area contributed by atoms with Crippen LogP contribution in [0.2, 0.25) is 0 Å². The van der Waals surface area contributed by atoms with Gasteiger partial charge >= 0.3 is 5.97 Å². The van der Waals surface area contributed by atoms with Gasteiger partial charge in [-0.1, -0.05) is 25.3 Å². The van der Waals surface area contributed by atoms with Crippen molar-refractivity contribution in [2.75, 3.05) is 13.7 Å². The number of carbonyl (C=O) groups excluding carboxylic acids is 2. The first-order valence-corrected chi connectivity index (χ1v) is 17.1. The Labute approximate surface area is 263 Å². The van der Waals surface area contributed by atoms with Gasteiger partial charge in [-0.3, -0.25) is 4.79 Å². The van der Waals surface area contributed by atoms with Crippen molar-refractivity contribution in [2.45, 2.75) is 70.6 Å². The lowest BCUT2D eigenvalue weighted by Crippen LogP contribution is -2.35. The van der Waals surface area contributed by atoms with E-state index in [1.807, 2.05) is 18.2 Å². The number of sulfonamides is 1. The summed E-state index contributed by atoms with van der Waals surface area (Å²) in [6.07, 6.45) is 9.46. The van der Waals surface area contributed by atoms with Crippen LogP contribution in [0.4, 0.5) is 0 Å². The molecule has 0 atom stereocenters. The maximum absolute atomic E-state index is 13.3. The number of esters is 1. The molecule has 45 heavy (non-hydrogen) atoms. The molecular weight excluding hydrogens is 590 g/mol. The summed E-state index contributed by atoms with van der Waals surface area (Å²) in [6, 6.07) is 13.2. The number of ether oxygens (including phenoxy) is 2. The zero-order valence-electron chi connectivity index (χ0n) is 26.1. The molecule has 0 bridgehead atoms. The van der Waals surface area contributed by atoms with Crippen LogP contribution in [0.15, 0.2) is 48.7 Å². The predicted octanol–water partition coefficient (Wildman–Crippen LogP) is 6.89. The standard InChI is InChI=1S/C35H39N3O6S/c1-5-44-35(40)29-15-16-36-32(29)25-17-24-18-26(43-4)12-14-27(24)33-31(22-9-7-6-8-10-22)28-13-11-23(19-30(28)38(33)20-25)34(39)37-45(41,42)21(2)3/h11-19,21-22,36H,5-10,20H2,1-4H3,(H,37,39). The fraction of sp³-hybridized carbons (Fsp3) is 0.371. The zero-order valence-corrected chi connectivity index (χ0v) is 26.9. The average Bonchev–Trinajstić information content (AvgIpc) is 3.60. The number of hydrogen-bond donors (Lipinski definition) is 2. The first-order chi connectivity index (χ1) is 21.6. The van der Waals surface area contributed by atoms with E-state index >= 15 is 0 Å². The molecule has 10 heteroatoms. The van der Waals surface area contributed by atoms with E-state index in [9.17, 15) is 18.0 Å². The Kier molecular flexibility index (Phi) is 8.35. The maximum Gasteiger partial charge on any atom is 0.340 e. The van der Waals surface area contributed by atoms with E-state index in [1.165, 1.54) is 25.8 Å². The van der Waals surface area contributed by atoms with Crippen LogP contribution in [-0.2, 0) is 21.3 Å². The molecular formula is C35H39N3O6S. The van der Waals surface area contributed by atoms with Crippen molar-refractivity contribution < 1.29 is 27.5 Å². The van der Waals surface area contributed by atoms with Crippen LogP contribution < -0.4 is 9.46 Å². The molecule has 3 heterocycles.